The lowest BCUT2D eigenvalue weighted by Crippen LogP contribution is -2.12. The van der Waals surface area contributed by atoms with Gasteiger partial charge in [-0.3, -0.25) is 4.79 Å². The Morgan fingerprint density at radius 3 is 2.09 bits per heavy atom. The quantitative estimate of drug-likeness (QED) is 0.746. The highest BCUT2D eigenvalue weighted by molar-refractivity contribution is 6.04. The molecule has 1 amide bonds. The van der Waals surface area contributed by atoms with Gasteiger partial charge >= 0.3 is 0 Å². The molecule has 114 valence electrons. The van der Waals surface area contributed by atoms with E-state index in [1.165, 1.54) is 12.1 Å². The molecule has 0 aliphatic rings. The highest BCUT2D eigenvalue weighted by atomic mass is 19.1. The summed E-state index contributed by atoms with van der Waals surface area (Å²) >= 11 is 0. The summed E-state index contributed by atoms with van der Waals surface area (Å²) in [6, 6.07) is 22.1. The number of halogens is 1. The number of rotatable bonds is 4. The van der Waals surface area contributed by atoms with Gasteiger partial charge in [0.15, 0.2) is 0 Å². The maximum absolute atomic E-state index is 13.5. The molecule has 0 spiro atoms. The summed E-state index contributed by atoms with van der Waals surface area (Å²) in [5, 5.41) is 2.54. The lowest BCUT2D eigenvalue weighted by molar-refractivity contribution is 0.102. The Balaban J connectivity index is 1.69. The minimum Gasteiger partial charge on any atom is -0.457 e. The van der Waals surface area contributed by atoms with Crippen molar-refractivity contribution in [2.75, 3.05) is 5.32 Å². The Labute approximate surface area is 133 Å². The first-order chi connectivity index (χ1) is 11.2. The van der Waals surface area contributed by atoms with Gasteiger partial charge in [0, 0.05) is 5.56 Å². The van der Waals surface area contributed by atoms with Gasteiger partial charge in [-0.2, -0.15) is 0 Å². The third-order valence-corrected chi connectivity index (χ3v) is 3.22. The van der Waals surface area contributed by atoms with Crippen molar-refractivity contribution in [3.63, 3.8) is 0 Å². The molecule has 0 radical (unpaired) electrons. The van der Waals surface area contributed by atoms with Crippen molar-refractivity contribution in [1.82, 2.24) is 0 Å². The van der Waals surface area contributed by atoms with E-state index < -0.39 is 5.82 Å². The fourth-order valence-corrected chi connectivity index (χ4v) is 2.06. The number of anilines is 1. The van der Waals surface area contributed by atoms with Crippen LogP contribution in [0, 0.1) is 5.82 Å². The first-order valence-electron chi connectivity index (χ1n) is 7.11. The SMILES string of the molecule is O=C(Nc1ccccc1F)c1ccc(Oc2ccccc2)cc1. The highest BCUT2D eigenvalue weighted by Gasteiger charge is 2.09. The molecule has 0 heterocycles. The van der Waals surface area contributed by atoms with Gasteiger partial charge in [-0.05, 0) is 48.5 Å². The fourth-order valence-electron chi connectivity index (χ4n) is 2.06. The third kappa shape index (κ3) is 3.74. The zero-order valence-electron chi connectivity index (χ0n) is 12.2. The molecule has 0 saturated heterocycles. The van der Waals surface area contributed by atoms with Crippen molar-refractivity contribution in [2.45, 2.75) is 0 Å². The summed E-state index contributed by atoms with van der Waals surface area (Å²) in [7, 11) is 0. The van der Waals surface area contributed by atoms with E-state index in [4.69, 9.17) is 4.74 Å². The van der Waals surface area contributed by atoms with E-state index >= 15 is 0 Å². The van der Waals surface area contributed by atoms with Crippen LogP contribution >= 0.6 is 0 Å². The van der Waals surface area contributed by atoms with Gasteiger partial charge in [-0.15, -0.1) is 0 Å². The Bertz CT molecular complexity index is 801. The minimum absolute atomic E-state index is 0.155. The average molecular weight is 307 g/mol. The van der Waals surface area contributed by atoms with Gasteiger partial charge in [0.2, 0.25) is 0 Å². The molecule has 3 aromatic rings. The molecule has 0 atom stereocenters. The van der Waals surface area contributed by atoms with Crippen LogP contribution in [0.25, 0.3) is 0 Å². The number of ether oxygens (including phenoxy) is 1. The van der Waals surface area contributed by atoms with E-state index in [1.54, 1.807) is 36.4 Å². The molecule has 0 aliphatic carbocycles. The maximum atomic E-state index is 13.5. The Morgan fingerprint density at radius 1 is 0.783 bits per heavy atom. The number of amides is 1. The monoisotopic (exact) mass is 307 g/mol. The number of para-hydroxylation sites is 2. The second-order valence-corrected chi connectivity index (χ2v) is 4.87. The van der Waals surface area contributed by atoms with Crippen LogP contribution in [0.2, 0.25) is 0 Å². The van der Waals surface area contributed by atoms with Crippen LogP contribution in [0.15, 0.2) is 78.9 Å². The van der Waals surface area contributed by atoms with Crippen molar-refractivity contribution in [1.29, 1.82) is 0 Å². The average Bonchev–Trinajstić information content (AvgIpc) is 2.58. The molecular weight excluding hydrogens is 293 g/mol. The van der Waals surface area contributed by atoms with Gasteiger partial charge in [-0.25, -0.2) is 4.39 Å². The van der Waals surface area contributed by atoms with Crippen LogP contribution in [0.1, 0.15) is 10.4 Å². The van der Waals surface area contributed by atoms with E-state index in [1.807, 2.05) is 30.3 Å². The van der Waals surface area contributed by atoms with Crippen LogP contribution in [0.5, 0.6) is 11.5 Å². The van der Waals surface area contributed by atoms with E-state index in [-0.39, 0.29) is 11.6 Å². The molecule has 0 saturated carbocycles. The standard InChI is InChI=1S/C19H14FNO2/c20-17-8-4-5-9-18(17)21-19(22)14-10-12-16(13-11-14)23-15-6-2-1-3-7-15/h1-13H,(H,21,22). The van der Waals surface area contributed by atoms with E-state index in [9.17, 15) is 9.18 Å². The van der Waals surface area contributed by atoms with E-state index in [0.29, 0.717) is 11.3 Å². The largest absolute Gasteiger partial charge is 0.457 e. The number of hydrogen-bond donors (Lipinski definition) is 1. The number of nitrogens with one attached hydrogen (secondary N) is 1. The summed E-state index contributed by atoms with van der Waals surface area (Å²) in [4.78, 5) is 12.1. The minimum atomic E-state index is -0.468. The first kappa shape index (κ1) is 14.8. The van der Waals surface area contributed by atoms with Crippen molar-refractivity contribution in [3.05, 3.63) is 90.2 Å². The van der Waals surface area contributed by atoms with E-state index in [2.05, 4.69) is 5.32 Å². The fraction of sp³-hybridized carbons (Fsp3) is 0. The predicted molar refractivity (Wildman–Crippen MR) is 87.3 cm³/mol. The molecule has 0 aliphatic heterocycles. The van der Waals surface area contributed by atoms with Crippen molar-refractivity contribution >= 4 is 11.6 Å². The molecule has 0 unspecified atom stereocenters. The number of hydrogen-bond acceptors (Lipinski definition) is 2. The van der Waals surface area contributed by atoms with Crippen molar-refractivity contribution < 1.29 is 13.9 Å². The molecule has 3 rings (SSSR count). The highest BCUT2D eigenvalue weighted by Crippen LogP contribution is 2.21. The van der Waals surface area contributed by atoms with Crippen molar-refractivity contribution in [3.8, 4) is 11.5 Å². The van der Waals surface area contributed by atoms with Crippen LogP contribution < -0.4 is 10.1 Å². The zero-order valence-corrected chi connectivity index (χ0v) is 12.2. The van der Waals surface area contributed by atoms with Crippen LogP contribution in [-0.2, 0) is 0 Å². The van der Waals surface area contributed by atoms with Crippen molar-refractivity contribution in [2.24, 2.45) is 0 Å². The van der Waals surface area contributed by atoms with Crippen LogP contribution in [0.4, 0.5) is 10.1 Å². The Morgan fingerprint density at radius 2 is 1.39 bits per heavy atom. The predicted octanol–water partition coefficient (Wildman–Crippen LogP) is 4.87. The molecule has 0 aromatic heterocycles. The molecule has 4 heteroatoms. The summed E-state index contributed by atoms with van der Waals surface area (Å²) in [5.41, 5.74) is 0.579. The van der Waals surface area contributed by atoms with Gasteiger partial charge in [0.25, 0.3) is 5.91 Å². The van der Waals surface area contributed by atoms with Gasteiger partial charge in [0.05, 0.1) is 5.69 Å². The molecule has 0 fully saturated rings. The van der Waals surface area contributed by atoms with Gasteiger partial charge < -0.3 is 10.1 Å². The first-order valence-corrected chi connectivity index (χ1v) is 7.11. The maximum Gasteiger partial charge on any atom is 0.255 e. The summed E-state index contributed by atoms with van der Waals surface area (Å²) in [5.74, 6) is 0.501. The second-order valence-electron chi connectivity index (χ2n) is 4.87. The topological polar surface area (TPSA) is 38.3 Å². The normalized spacial score (nSPS) is 10.1. The molecule has 0 bridgehead atoms. The van der Waals surface area contributed by atoms with Crippen LogP contribution in [-0.4, -0.2) is 5.91 Å². The molecule has 1 N–H and O–H groups in total. The third-order valence-electron chi connectivity index (χ3n) is 3.22. The summed E-state index contributed by atoms with van der Waals surface area (Å²) in [6.45, 7) is 0. The number of carbonyl (C=O) groups excluding carboxylic acids is 1. The zero-order chi connectivity index (χ0) is 16.1. The summed E-state index contributed by atoms with van der Waals surface area (Å²) < 4.78 is 19.2. The van der Waals surface area contributed by atoms with Gasteiger partial charge in [-0.1, -0.05) is 30.3 Å². The number of benzene rings is 3. The molecule has 3 aromatic carbocycles. The lowest BCUT2D eigenvalue weighted by Gasteiger charge is -2.08. The smallest absolute Gasteiger partial charge is 0.255 e. The summed E-state index contributed by atoms with van der Waals surface area (Å²) in [6.07, 6.45) is 0. The van der Waals surface area contributed by atoms with Crippen LogP contribution in [0.3, 0.4) is 0 Å². The molecular formula is C19H14FNO2. The second kappa shape index (κ2) is 6.75. The Hall–Kier alpha value is -3.14. The van der Waals surface area contributed by atoms with E-state index in [0.717, 1.165) is 5.75 Å². The van der Waals surface area contributed by atoms with Gasteiger partial charge in [0.1, 0.15) is 17.3 Å². The molecule has 3 nitrogen and oxygen atoms in total. The lowest BCUT2D eigenvalue weighted by atomic mass is 10.2. The number of carbonyl (C=O) groups is 1. The Kier molecular flexibility index (Phi) is 4.34. The molecule has 23 heavy (non-hydrogen) atoms.